The lowest BCUT2D eigenvalue weighted by Crippen LogP contribution is -2.50. The summed E-state index contributed by atoms with van der Waals surface area (Å²) < 4.78 is 56.1. The van der Waals surface area contributed by atoms with E-state index in [4.69, 9.17) is 0 Å². The number of hydrogen-bond acceptors (Lipinski definition) is 6. The van der Waals surface area contributed by atoms with Crippen LogP contribution in [0.5, 0.6) is 0 Å². The third-order valence-electron chi connectivity index (χ3n) is 8.70. The first-order valence-electron chi connectivity index (χ1n) is 13.8. The normalized spacial score (nSPS) is 23.4. The monoisotopic (exact) mass is 574 g/mol. The zero-order chi connectivity index (χ0) is 28.4. The molecule has 3 aromatic rings. The number of carbonyl (C=O) groups is 1. The average Bonchev–Trinajstić information content (AvgIpc) is 3.53. The van der Waals surface area contributed by atoms with Gasteiger partial charge in [0.05, 0.1) is 16.8 Å². The average molecular weight is 575 g/mol. The minimum absolute atomic E-state index is 0.0159. The van der Waals surface area contributed by atoms with Crippen molar-refractivity contribution in [2.45, 2.75) is 56.3 Å². The van der Waals surface area contributed by atoms with Crippen LogP contribution >= 0.6 is 7.14 Å². The number of rotatable bonds is 1. The van der Waals surface area contributed by atoms with Crippen molar-refractivity contribution in [3.63, 3.8) is 0 Å². The molecule has 214 valence electrons. The first-order valence-corrected chi connectivity index (χ1v) is 16.4. The minimum Gasteiger partial charge on any atom is -0.360 e. The number of aromatic amines is 1. The van der Waals surface area contributed by atoms with Gasteiger partial charge in [0.2, 0.25) is 5.95 Å². The molecule has 1 saturated heterocycles. The number of anilines is 1. The fourth-order valence-electron chi connectivity index (χ4n) is 6.43. The summed E-state index contributed by atoms with van der Waals surface area (Å²) in [5.74, 6) is -0.0974. The van der Waals surface area contributed by atoms with Gasteiger partial charge in [-0.1, -0.05) is 6.07 Å². The Balaban J connectivity index is 1.52. The summed E-state index contributed by atoms with van der Waals surface area (Å²) in [5.41, 5.74) is -0.0695. The first kappa shape index (κ1) is 27.3. The van der Waals surface area contributed by atoms with Crippen LogP contribution in [0, 0.1) is 0 Å². The van der Waals surface area contributed by atoms with E-state index in [2.05, 4.69) is 25.2 Å². The highest BCUT2D eigenvalue weighted by atomic mass is 31.2. The maximum atomic E-state index is 14.2. The standard InChI is InChI=1S/C28H34F3N6O2P/c1-36-12-4-5-13-37-16-17(8-9-27(37)10-11-27)34-26-33-15-21(28(29,30)31)22(35-26)20-14-32-23-18(20)6-7-19(25(36)38)24(23)40(2,3)39/h6-7,14-15,17,32H,4-5,8-13,16H2,1-3H3,(H,33,34,35)/t17-/m1/s1. The number of H-pyrrole nitrogens is 1. The van der Waals surface area contributed by atoms with Crippen LogP contribution in [0.1, 0.15) is 54.4 Å². The molecule has 12 heteroatoms. The van der Waals surface area contributed by atoms with Crippen LogP contribution in [0.3, 0.4) is 0 Å². The Kier molecular flexibility index (Phi) is 6.53. The lowest BCUT2D eigenvalue weighted by atomic mass is 9.95. The van der Waals surface area contributed by atoms with E-state index >= 15 is 0 Å². The molecule has 2 aromatic heterocycles. The highest BCUT2D eigenvalue weighted by molar-refractivity contribution is 7.70. The summed E-state index contributed by atoms with van der Waals surface area (Å²) in [5, 5.41) is 4.09. The van der Waals surface area contributed by atoms with Crippen LogP contribution in [-0.4, -0.2) is 82.3 Å². The molecule has 2 fully saturated rings. The third kappa shape index (κ3) is 4.81. The van der Waals surface area contributed by atoms with Crippen LogP contribution in [0.2, 0.25) is 0 Å². The second kappa shape index (κ2) is 9.58. The fourth-order valence-corrected chi connectivity index (χ4v) is 7.90. The summed E-state index contributed by atoms with van der Waals surface area (Å²) >= 11 is 0. The Morgan fingerprint density at radius 1 is 1.10 bits per heavy atom. The lowest BCUT2D eigenvalue weighted by molar-refractivity contribution is -0.137. The van der Waals surface area contributed by atoms with Crippen LogP contribution in [0.15, 0.2) is 24.5 Å². The van der Waals surface area contributed by atoms with Crippen LogP contribution in [0.4, 0.5) is 19.1 Å². The molecule has 1 unspecified atom stereocenters. The number of carbonyl (C=O) groups excluding carboxylic acids is 1. The van der Waals surface area contributed by atoms with Gasteiger partial charge in [-0.25, -0.2) is 9.97 Å². The van der Waals surface area contributed by atoms with Gasteiger partial charge in [-0.3, -0.25) is 9.69 Å². The topological polar surface area (TPSA) is 94.2 Å². The molecule has 0 radical (unpaired) electrons. The van der Waals surface area contributed by atoms with Gasteiger partial charge in [-0.05, 0) is 64.5 Å². The van der Waals surface area contributed by atoms with Gasteiger partial charge >= 0.3 is 6.18 Å². The van der Waals surface area contributed by atoms with Crippen molar-refractivity contribution < 1.29 is 22.5 Å². The molecule has 2 N–H and O–H groups in total. The van der Waals surface area contributed by atoms with Crippen molar-refractivity contribution in [1.29, 1.82) is 0 Å². The van der Waals surface area contributed by atoms with E-state index < -0.39 is 18.9 Å². The number of piperidine rings is 1. The zero-order valence-electron chi connectivity index (χ0n) is 22.9. The lowest BCUT2D eigenvalue weighted by Gasteiger charge is -2.40. The second-order valence-electron chi connectivity index (χ2n) is 11.9. The Hall–Kier alpha value is -2.91. The van der Waals surface area contributed by atoms with Gasteiger partial charge < -0.3 is 19.8 Å². The number of nitrogens with zero attached hydrogens (tertiary/aromatic N) is 4. The smallest absolute Gasteiger partial charge is 0.360 e. The minimum atomic E-state index is -4.68. The van der Waals surface area contributed by atoms with E-state index in [-0.39, 0.29) is 34.7 Å². The Morgan fingerprint density at radius 3 is 2.55 bits per heavy atom. The quantitative estimate of drug-likeness (QED) is 0.390. The summed E-state index contributed by atoms with van der Waals surface area (Å²) in [4.78, 5) is 29.3. The van der Waals surface area contributed by atoms with E-state index in [0.29, 0.717) is 28.3 Å². The molecule has 8 bridgehead atoms. The number of amides is 1. The molecule has 4 aliphatic rings. The first-order chi connectivity index (χ1) is 18.9. The third-order valence-corrected chi connectivity index (χ3v) is 10.2. The van der Waals surface area contributed by atoms with Gasteiger partial charge in [0.1, 0.15) is 12.7 Å². The Labute approximate surface area is 231 Å². The number of nitrogens with one attached hydrogen (secondary N) is 2. The van der Waals surface area contributed by atoms with E-state index in [1.165, 1.54) is 6.20 Å². The molecule has 3 aliphatic heterocycles. The molecule has 1 saturated carbocycles. The van der Waals surface area contributed by atoms with Crippen LogP contribution in [0.25, 0.3) is 22.2 Å². The van der Waals surface area contributed by atoms with Crippen molar-refractivity contribution in [2.24, 2.45) is 0 Å². The Bertz CT molecular complexity index is 1530. The van der Waals surface area contributed by atoms with Crippen molar-refractivity contribution in [1.82, 2.24) is 24.8 Å². The van der Waals surface area contributed by atoms with Crippen LogP contribution in [-0.2, 0) is 10.7 Å². The summed E-state index contributed by atoms with van der Waals surface area (Å²) in [6.07, 6.45) is 3.61. The molecule has 7 rings (SSSR count). The summed E-state index contributed by atoms with van der Waals surface area (Å²) in [7, 11) is -1.29. The molecule has 1 spiro atoms. The second-order valence-corrected chi connectivity index (χ2v) is 15.0. The fraction of sp³-hybridized carbons (Fsp3) is 0.536. The van der Waals surface area contributed by atoms with Crippen molar-refractivity contribution >= 4 is 35.2 Å². The van der Waals surface area contributed by atoms with Gasteiger partial charge in [-0.2, -0.15) is 13.2 Å². The maximum absolute atomic E-state index is 14.2. The van der Waals surface area contributed by atoms with Gasteiger partial charge in [0, 0.05) is 60.4 Å². The molecule has 40 heavy (non-hydrogen) atoms. The van der Waals surface area contributed by atoms with Gasteiger partial charge in [-0.15, -0.1) is 0 Å². The highest BCUT2D eigenvalue weighted by Gasteiger charge is 2.50. The number of halogens is 3. The number of benzene rings is 1. The maximum Gasteiger partial charge on any atom is 0.419 e. The molecule has 5 heterocycles. The molecular formula is C28H34F3N6O2P. The van der Waals surface area contributed by atoms with Gasteiger partial charge in [0.15, 0.2) is 0 Å². The molecular weight excluding hydrogens is 540 g/mol. The number of alkyl halides is 3. The van der Waals surface area contributed by atoms with Crippen molar-refractivity contribution in [3.8, 4) is 11.3 Å². The summed E-state index contributed by atoms with van der Waals surface area (Å²) in [6.45, 7) is 5.36. The van der Waals surface area contributed by atoms with Crippen LogP contribution < -0.4 is 10.6 Å². The van der Waals surface area contributed by atoms with E-state index in [1.807, 2.05) is 0 Å². The zero-order valence-corrected chi connectivity index (χ0v) is 23.8. The molecule has 1 aromatic carbocycles. The predicted octanol–water partition coefficient (Wildman–Crippen LogP) is 5.17. The molecule has 1 aliphatic carbocycles. The SMILES string of the molecule is CN1CCCCN2C[C@@H](CCC23CC3)Nc2ncc(C(F)(F)F)c(n2)-c2c[nH]c3c(P(C)(C)=O)c(ccc23)C1=O. The van der Waals surface area contributed by atoms with E-state index in [9.17, 15) is 22.5 Å². The predicted molar refractivity (Wildman–Crippen MR) is 150 cm³/mol. The van der Waals surface area contributed by atoms with E-state index in [0.717, 1.165) is 57.8 Å². The molecule has 8 nitrogen and oxygen atoms in total. The summed E-state index contributed by atoms with van der Waals surface area (Å²) in [6, 6.07) is 3.22. The largest absolute Gasteiger partial charge is 0.419 e. The number of fused-ring (bicyclic) bond motifs is 6. The van der Waals surface area contributed by atoms with Crippen molar-refractivity contribution in [2.75, 3.05) is 45.3 Å². The number of hydrogen-bond donors (Lipinski definition) is 2. The van der Waals surface area contributed by atoms with Gasteiger partial charge in [0.25, 0.3) is 5.91 Å². The van der Waals surface area contributed by atoms with Crippen molar-refractivity contribution in [3.05, 3.63) is 35.7 Å². The molecule has 2 atom stereocenters. The highest BCUT2D eigenvalue weighted by Crippen LogP contribution is 2.49. The molecule has 1 amide bonds. The number of aromatic nitrogens is 3. The van der Waals surface area contributed by atoms with E-state index in [1.54, 1.807) is 37.4 Å². The Morgan fingerprint density at radius 2 is 1.85 bits per heavy atom.